The average molecular weight is 345 g/mol. The number of carbonyl (C=O) groups excluding carboxylic acids is 1. The fourth-order valence-electron chi connectivity index (χ4n) is 2.72. The molecule has 1 atom stereocenters. The number of hydrogen-bond acceptors (Lipinski definition) is 3. The molecule has 1 unspecified atom stereocenters. The van der Waals surface area contributed by atoms with E-state index >= 15 is 0 Å². The van der Waals surface area contributed by atoms with Gasteiger partial charge in [0.25, 0.3) is 5.91 Å². The summed E-state index contributed by atoms with van der Waals surface area (Å²) in [5.74, 6) is -1.41. The van der Waals surface area contributed by atoms with Gasteiger partial charge in [-0.3, -0.25) is 4.79 Å². The van der Waals surface area contributed by atoms with Crippen LogP contribution in [0.2, 0.25) is 0 Å². The van der Waals surface area contributed by atoms with Gasteiger partial charge in [-0.15, -0.1) is 0 Å². The highest BCUT2D eigenvalue weighted by molar-refractivity contribution is 7.94. The normalized spacial score (nSPS) is 18.5. The van der Waals surface area contributed by atoms with Gasteiger partial charge in [0.2, 0.25) is 0 Å². The Labute approximate surface area is 140 Å². The number of halogens is 1. The fourth-order valence-corrected chi connectivity index (χ4v) is 3.99. The third kappa shape index (κ3) is 3.23. The van der Waals surface area contributed by atoms with Crippen LogP contribution in [0.3, 0.4) is 0 Å². The number of anilines is 1. The second-order valence-corrected chi connectivity index (χ2v) is 7.65. The van der Waals surface area contributed by atoms with Crippen LogP contribution in [0.5, 0.6) is 0 Å². The second kappa shape index (κ2) is 6.20. The number of hydrogen-bond donors (Lipinski definition) is 0. The van der Waals surface area contributed by atoms with Crippen molar-refractivity contribution in [2.75, 3.05) is 10.7 Å². The van der Waals surface area contributed by atoms with Crippen LogP contribution >= 0.6 is 0 Å². The van der Waals surface area contributed by atoms with Gasteiger partial charge in [0.15, 0.2) is 9.84 Å². The standard InChI is InChI=1S/C18H16FNO3S/c1-13-5-4-6-14(11-13)20(15-9-10-24(22,23)12-15)18(21)16-7-2-3-8-17(16)19/h2-11,15H,12H2,1H3. The van der Waals surface area contributed by atoms with Crippen molar-refractivity contribution in [1.82, 2.24) is 0 Å². The Bertz CT molecular complexity index is 921. The molecule has 0 radical (unpaired) electrons. The minimum atomic E-state index is -3.35. The highest BCUT2D eigenvalue weighted by Crippen LogP contribution is 2.26. The summed E-state index contributed by atoms with van der Waals surface area (Å²) in [6.07, 6.45) is 1.47. The molecule has 1 amide bonds. The molecule has 124 valence electrons. The minimum absolute atomic E-state index is 0.0864. The lowest BCUT2D eigenvalue weighted by Crippen LogP contribution is -2.41. The molecule has 1 aliphatic rings. The van der Waals surface area contributed by atoms with E-state index in [1.54, 1.807) is 24.3 Å². The average Bonchev–Trinajstić information content (AvgIpc) is 2.87. The Morgan fingerprint density at radius 2 is 1.92 bits per heavy atom. The van der Waals surface area contributed by atoms with Crippen LogP contribution in [0.25, 0.3) is 0 Å². The topological polar surface area (TPSA) is 54.5 Å². The Hall–Kier alpha value is -2.47. The molecule has 1 aliphatic heterocycles. The Balaban J connectivity index is 2.07. The Kier molecular flexibility index (Phi) is 4.24. The summed E-state index contributed by atoms with van der Waals surface area (Å²) in [4.78, 5) is 14.3. The summed E-state index contributed by atoms with van der Waals surface area (Å²) in [5.41, 5.74) is 1.37. The molecular weight excluding hydrogens is 329 g/mol. The zero-order valence-corrected chi connectivity index (χ0v) is 13.8. The highest BCUT2D eigenvalue weighted by Gasteiger charge is 2.32. The number of aryl methyl sites for hydroxylation is 1. The van der Waals surface area contributed by atoms with Gasteiger partial charge in [-0.05, 0) is 42.8 Å². The first-order valence-electron chi connectivity index (χ1n) is 7.43. The zero-order valence-electron chi connectivity index (χ0n) is 13.0. The van der Waals surface area contributed by atoms with E-state index in [1.807, 2.05) is 13.0 Å². The van der Waals surface area contributed by atoms with Crippen LogP contribution in [0.1, 0.15) is 15.9 Å². The smallest absolute Gasteiger partial charge is 0.261 e. The summed E-state index contributed by atoms with van der Waals surface area (Å²) in [5, 5.41) is 1.11. The van der Waals surface area contributed by atoms with Crippen LogP contribution in [-0.4, -0.2) is 26.1 Å². The fraction of sp³-hybridized carbons (Fsp3) is 0.167. The lowest BCUT2D eigenvalue weighted by Gasteiger charge is -2.28. The number of benzene rings is 2. The molecule has 0 saturated carbocycles. The molecule has 24 heavy (non-hydrogen) atoms. The van der Waals surface area contributed by atoms with Gasteiger partial charge in [-0.1, -0.05) is 24.3 Å². The van der Waals surface area contributed by atoms with E-state index in [0.29, 0.717) is 5.69 Å². The molecule has 0 aliphatic carbocycles. The van der Waals surface area contributed by atoms with Gasteiger partial charge in [0.05, 0.1) is 17.4 Å². The Morgan fingerprint density at radius 3 is 2.54 bits per heavy atom. The van der Waals surface area contributed by atoms with Gasteiger partial charge in [0, 0.05) is 11.1 Å². The molecule has 2 aromatic carbocycles. The van der Waals surface area contributed by atoms with Crippen molar-refractivity contribution in [1.29, 1.82) is 0 Å². The second-order valence-electron chi connectivity index (χ2n) is 5.72. The van der Waals surface area contributed by atoms with Crippen molar-refractivity contribution < 1.29 is 17.6 Å². The summed E-state index contributed by atoms with van der Waals surface area (Å²) in [7, 11) is -3.35. The first-order valence-corrected chi connectivity index (χ1v) is 9.15. The predicted octanol–water partition coefficient (Wildman–Crippen LogP) is 3.09. The van der Waals surface area contributed by atoms with E-state index < -0.39 is 27.6 Å². The van der Waals surface area contributed by atoms with Gasteiger partial charge in [-0.25, -0.2) is 12.8 Å². The van der Waals surface area contributed by atoms with E-state index in [1.165, 1.54) is 29.2 Å². The molecule has 0 aromatic heterocycles. The Morgan fingerprint density at radius 1 is 1.17 bits per heavy atom. The third-order valence-corrected chi connectivity index (χ3v) is 5.22. The molecule has 0 fully saturated rings. The van der Waals surface area contributed by atoms with Crippen LogP contribution in [0, 0.1) is 12.7 Å². The van der Waals surface area contributed by atoms with E-state index in [9.17, 15) is 17.6 Å². The van der Waals surface area contributed by atoms with Crippen molar-refractivity contribution in [2.24, 2.45) is 0 Å². The number of sulfone groups is 1. The summed E-state index contributed by atoms with van der Waals surface area (Å²) >= 11 is 0. The molecule has 2 aromatic rings. The molecule has 0 saturated heterocycles. The maximum Gasteiger partial charge on any atom is 0.261 e. The molecule has 3 rings (SSSR count). The predicted molar refractivity (Wildman–Crippen MR) is 91.1 cm³/mol. The number of rotatable bonds is 3. The first kappa shape index (κ1) is 16.4. The van der Waals surface area contributed by atoms with Crippen LogP contribution < -0.4 is 4.90 Å². The zero-order chi connectivity index (χ0) is 17.3. The first-order chi connectivity index (χ1) is 11.4. The van der Waals surface area contributed by atoms with Gasteiger partial charge >= 0.3 is 0 Å². The molecule has 0 spiro atoms. The number of nitrogens with zero attached hydrogens (tertiary/aromatic N) is 1. The lowest BCUT2D eigenvalue weighted by atomic mass is 10.1. The van der Waals surface area contributed by atoms with Crippen molar-refractivity contribution in [2.45, 2.75) is 13.0 Å². The lowest BCUT2D eigenvalue weighted by molar-refractivity contribution is 0.0979. The minimum Gasteiger partial charge on any atom is -0.300 e. The third-order valence-electron chi connectivity index (χ3n) is 3.85. The molecular formula is C18H16FNO3S. The van der Waals surface area contributed by atoms with Crippen molar-refractivity contribution in [3.8, 4) is 0 Å². The highest BCUT2D eigenvalue weighted by atomic mass is 32.2. The van der Waals surface area contributed by atoms with E-state index in [-0.39, 0.29) is 11.3 Å². The van der Waals surface area contributed by atoms with Crippen LogP contribution in [0.4, 0.5) is 10.1 Å². The number of amides is 1. The van der Waals surface area contributed by atoms with Crippen molar-refractivity contribution in [3.05, 3.63) is 77.0 Å². The van der Waals surface area contributed by atoms with E-state index in [4.69, 9.17) is 0 Å². The largest absolute Gasteiger partial charge is 0.300 e. The van der Waals surface area contributed by atoms with E-state index in [2.05, 4.69) is 0 Å². The molecule has 0 bridgehead atoms. The summed E-state index contributed by atoms with van der Waals surface area (Å²) in [6, 6.07) is 12.2. The van der Waals surface area contributed by atoms with Crippen LogP contribution in [0.15, 0.2) is 60.0 Å². The van der Waals surface area contributed by atoms with Gasteiger partial charge in [-0.2, -0.15) is 0 Å². The van der Waals surface area contributed by atoms with E-state index in [0.717, 1.165) is 11.0 Å². The van der Waals surface area contributed by atoms with Crippen LogP contribution in [-0.2, 0) is 9.84 Å². The summed E-state index contributed by atoms with van der Waals surface area (Å²) in [6.45, 7) is 1.87. The van der Waals surface area contributed by atoms with Crippen molar-refractivity contribution >= 4 is 21.4 Å². The molecule has 4 nitrogen and oxygen atoms in total. The van der Waals surface area contributed by atoms with Crippen molar-refractivity contribution in [3.63, 3.8) is 0 Å². The maximum absolute atomic E-state index is 14.1. The van der Waals surface area contributed by atoms with Gasteiger partial charge < -0.3 is 4.90 Å². The monoisotopic (exact) mass is 345 g/mol. The SMILES string of the molecule is Cc1cccc(N(C(=O)c2ccccc2F)C2C=CS(=O)(=O)C2)c1. The summed E-state index contributed by atoms with van der Waals surface area (Å²) < 4.78 is 37.6. The maximum atomic E-state index is 14.1. The molecule has 1 heterocycles. The molecule has 0 N–H and O–H groups in total. The quantitative estimate of drug-likeness (QED) is 0.859. The number of carbonyl (C=O) groups is 1. The van der Waals surface area contributed by atoms with Gasteiger partial charge in [0.1, 0.15) is 5.82 Å². The molecule has 6 heteroatoms.